The molecule has 3 heterocycles. The van der Waals surface area contributed by atoms with Crippen molar-refractivity contribution < 1.29 is 28.5 Å². The van der Waals surface area contributed by atoms with Crippen molar-refractivity contribution in [2.24, 2.45) is 5.73 Å². The molecule has 0 saturated carbocycles. The lowest BCUT2D eigenvalue weighted by molar-refractivity contribution is -0.115. The molecule has 1 amide bonds. The summed E-state index contributed by atoms with van der Waals surface area (Å²) in [5, 5.41) is 7.86. The lowest BCUT2D eigenvalue weighted by Crippen LogP contribution is -2.31. The Balaban J connectivity index is 1.65. The van der Waals surface area contributed by atoms with E-state index in [1.807, 2.05) is 12.1 Å². The van der Waals surface area contributed by atoms with Gasteiger partial charge in [0.25, 0.3) is 0 Å². The van der Waals surface area contributed by atoms with E-state index in [1.54, 1.807) is 29.8 Å². The highest BCUT2D eigenvalue weighted by molar-refractivity contribution is 5.95. The molecule has 1 aromatic heterocycles. The third-order valence-electron chi connectivity index (χ3n) is 5.75. The van der Waals surface area contributed by atoms with E-state index in [4.69, 9.17) is 34.5 Å². The van der Waals surface area contributed by atoms with Crippen molar-refractivity contribution in [1.29, 1.82) is 0 Å². The summed E-state index contributed by atoms with van der Waals surface area (Å²) in [6.45, 7) is 1.92. The number of methoxy groups -OCH3 is 3. The molecule has 2 aliphatic rings. The molecule has 3 N–H and O–H groups in total. The molecule has 0 fully saturated rings. The Morgan fingerprint density at radius 2 is 1.79 bits per heavy atom. The molecule has 0 bridgehead atoms. The number of ether oxygens (including phenoxy) is 5. The number of nitrogens with two attached hydrogens (primary N) is 1. The molecule has 176 valence electrons. The van der Waals surface area contributed by atoms with Gasteiger partial charge in [-0.25, -0.2) is 4.68 Å². The van der Waals surface area contributed by atoms with Gasteiger partial charge in [0.15, 0.2) is 28.8 Å². The maximum Gasteiger partial charge on any atom is 0.248 e. The van der Waals surface area contributed by atoms with Gasteiger partial charge in [0, 0.05) is 11.3 Å². The van der Waals surface area contributed by atoms with E-state index in [-0.39, 0.29) is 6.79 Å². The van der Waals surface area contributed by atoms with Crippen molar-refractivity contribution in [2.75, 3.05) is 33.4 Å². The second-order valence-corrected chi connectivity index (χ2v) is 7.66. The van der Waals surface area contributed by atoms with Gasteiger partial charge in [0.2, 0.25) is 24.4 Å². The maximum atomic E-state index is 12.5. The molecule has 5 rings (SSSR count). The van der Waals surface area contributed by atoms with Crippen molar-refractivity contribution >= 4 is 11.9 Å². The van der Waals surface area contributed by atoms with Gasteiger partial charge in [-0.1, -0.05) is 6.07 Å². The lowest BCUT2D eigenvalue weighted by atomic mass is 9.95. The van der Waals surface area contributed by atoms with Gasteiger partial charge in [-0.3, -0.25) is 4.79 Å². The van der Waals surface area contributed by atoms with Gasteiger partial charge in [-0.15, -0.1) is 5.10 Å². The molecule has 0 radical (unpaired) electrons. The Hall–Kier alpha value is -4.41. The number of hydrogen-bond acceptors (Lipinski definition) is 9. The molecule has 3 aromatic rings. The van der Waals surface area contributed by atoms with Gasteiger partial charge in [0.05, 0.1) is 26.9 Å². The first-order valence-electron chi connectivity index (χ1n) is 10.4. The number of amides is 1. The second-order valence-electron chi connectivity index (χ2n) is 7.66. The zero-order chi connectivity index (χ0) is 24.0. The number of carbonyl (C=O) groups excluding carboxylic acids is 1. The Labute approximate surface area is 195 Å². The fourth-order valence-corrected chi connectivity index (χ4v) is 4.19. The summed E-state index contributed by atoms with van der Waals surface area (Å²) < 4.78 is 28.9. The van der Waals surface area contributed by atoms with Crippen LogP contribution in [0.3, 0.4) is 0 Å². The van der Waals surface area contributed by atoms with Crippen LogP contribution >= 0.6 is 0 Å². The minimum atomic E-state index is -0.619. The number of hydrogen-bond donors (Lipinski definition) is 2. The summed E-state index contributed by atoms with van der Waals surface area (Å²) in [4.78, 5) is 17.1. The van der Waals surface area contributed by atoms with E-state index in [1.165, 1.54) is 21.3 Å². The van der Waals surface area contributed by atoms with Crippen LogP contribution < -0.4 is 34.7 Å². The summed E-state index contributed by atoms with van der Waals surface area (Å²) >= 11 is 0. The Kier molecular flexibility index (Phi) is 5.16. The zero-order valence-corrected chi connectivity index (χ0v) is 19.0. The SMILES string of the molecule is COc1cc(-c2nc3n(n2)C(c2ccc4c(c2)OCO4)C(C(N)=O)=C(C)N3)cc(OC)c1OC. The van der Waals surface area contributed by atoms with Crippen molar-refractivity contribution in [3.05, 3.63) is 47.2 Å². The predicted octanol–water partition coefficient (Wildman–Crippen LogP) is 2.47. The van der Waals surface area contributed by atoms with Gasteiger partial charge in [-0.05, 0) is 36.8 Å². The van der Waals surface area contributed by atoms with Crippen LogP contribution in [0.15, 0.2) is 41.6 Å². The van der Waals surface area contributed by atoms with E-state index in [0.717, 1.165) is 5.56 Å². The molecule has 0 aliphatic carbocycles. The lowest BCUT2D eigenvalue weighted by Gasteiger charge is -2.27. The molecule has 2 aliphatic heterocycles. The van der Waals surface area contributed by atoms with Crippen LogP contribution in [0.4, 0.5) is 5.95 Å². The highest BCUT2D eigenvalue weighted by Crippen LogP contribution is 2.43. The zero-order valence-electron chi connectivity index (χ0n) is 19.0. The number of primary amides is 1. The third-order valence-corrected chi connectivity index (χ3v) is 5.75. The molecule has 1 atom stereocenters. The summed E-state index contributed by atoms with van der Waals surface area (Å²) in [7, 11) is 4.61. The van der Waals surface area contributed by atoms with Crippen LogP contribution in [0.2, 0.25) is 0 Å². The summed E-state index contributed by atoms with van der Waals surface area (Å²) in [6.07, 6.45) is 0. The van der Waals surface area contributed by atoms with Gasteiger partial charge in [0.1, 0.15) is 6.04 Å². The number of rotatable bonds is 6. The van der Waals surface area contributed by atoms with Gasteiger partial charge in [-0.2, -0.15) is 4.98 Å². The third kappa shape index (κ3) is 3.33. The number of fused-ring (bicyclic) bond motifs is 2. The molecule has 0 saturated heterocycles. The first-order valence-corrected chi connectivity index (χ1v) is 10.4. The number of nitrogens with one attached hydrogen (secondary N) is 1. The Morgan fingerprint density at radius 1 is 1.09 bits per heavy atom. The number of aromatic nitrogens is 3. The molecular weight excluding hydrogens is 442 g/mol. The minimum Gasteiger partial charge on any atom is -0.493 e. The molecule has 0 spiro atoms. The molecule has 34 heavy (non-hydrogen) atoms. The van der Waals surface area contributed by atoms with E-state index in [9.17, 15) is 4.79 Å². The summed E-state index contributed by atoms with van der Waals surface area (Å²) in [6, 6.07) is 8.36. The van der Waals surface area contributed by atoms with Gasteiger partial charge < -0.3 is 34.7 Å². The van der Waals surface area contributed by atoms with Crippen LogP contribution in [0, 0.1) is 0 Å². The second kappa shape index (κ2) is 8.18. The fraction of sp³-hybridized carbons (Fsp3) is 0.261. The van der Waals surface area contributed by atoms with Crippen molar-refractivity contribution in [3.8, 4) is 40.1 Å². The monoisotopic (exact) mass is 465 g/mol. The maximum absolute atomic E-state index is 12.5. The summed E-state index contributed by atoms with van der Waals surface area (Å²) in [5.41, 5.74) is 8.13. The first-order chi connectivity index (χ1) is 16.4. The van der Waals surface area contributed by atoms with Crippen LogP contribution in [0.5, 0.6) is 28.7 Å². The topological polar surface area (TPSA) is 132 Å². The molecule has 1 unspecified atom stereocenters. The van der Waals surface area contributed by atoms with Crippen LogP contribution in [0.1, 0.15) is 18.5 Å². The first kappa shape index (κ1) is 21.4. The van der Waals surface area contributed by atoms with Gasteiger partial charge >= 0.3 is 0 Å². The van der Waals surface area contributed by atoms with E-state index in [0.29, 0.717) is 57.4 Å². The van der Waals surface area contributed by atoms with Crippen molar-refractivity contribution in [2.45, 2.75) is 13.0 Å². The standard InChI is InChI=1S/C23H23N5O6/c1-11-18(21(24)29)19(12-5-6-14-15(7-12)34-10-33-14)28-23(25-11)26-22(27-28)13-8-16(30-2)20(32-4)17(9-13)31-3/h5-9,19H,10H2,1-4H3,(H2,24,29)(H,25,26,27). The largest absolute Gasteiger partial charge is 0.493 e. The Bertz CT molecular complexity index is 1310. The van der Waals surface area contributed by atoms with E-state index >= 15 is 0 Å². The quantitative estimate of drug-likeness (QED) is 0.563. The van der Waals surface area contributed by atoms with Crippen molar-refractivity contribution in [1.82, 2.24) is 14.8 Å². The number of allylic oxidation sites excluding steroid dienone is 1. The average Bonchev–Trinajstić information content (AvgIpc) is 3.48. The molecule has 11 heteroatoms. The number of carbonyl (C=O) groups is 1. The average molecular weight is 465 g/mol. The van der Waals surface area contributed by atoms with E-state index in [2.05, 4.69) is 10.3 Å². The normalized spacial score (nSPS) is 16.1. The summed E-state index contributed by atoms with van der Waals surface area (Å²) in [5.74, 6) is 2.90. The molecule has 11 nitrogen and oxygen atoms in total. The fourth-order valence-electron chi connectivity index (χ4n) is 4.19. The predicted molar refractivity (Wildman–Crippen MR) is 121 cm³/mol. The number of anilines is 1. The molecular formula is C23H23N5O6. The van der Waals surface area contributed by atoms with Crippen LogP contribution in [-0.2, 0) is 4.79 Å². The highest BCUT2D eigenvalue weighted by Gasteiger charge is 2.34. The number of benzene rings is 2. The number of nitrogens with zero attached hydrogens (tertiary/aromatic N) is 3. The minimum absolute atomic E-state index is 0.141. The van der Waals surface area contributed by atoms with E-state index < -0.39 is 11.9 Å². The highest BCUT2D eigenvalue weighted by atomic mass is 16.7. The smallest absolute Gasteiger partial charge is 0.248 e. The van der Waals surface area contributed by atoms with Crippen LogP contribution in [0.25, 0.3) is 11.4 Å². The van der Waals surface area contributed by atoms with Crippen LogP contribution in [-0.4, -0.2) is 48.8 Å². The van der Waals surface area contributed by atoms with Crippen molar-refractivity contribution in [3.63, 3.8) is 0 Å². The Morgan fingerprint density at radius 3 is 2.44 bits per heavy atom. The molecule has 2 aromatic carbocycles.